The molecule has 1 aliphatic rings. The fourth-order valence-electron chi connectivity index (χ4n) is 4.52. The third kappa shape index (κ3) is 5.20. The number of nitrogens with zero attached hydrogens (tertiary/aromatic N) is 1. The van der Waals surface area contributed by atoms with Crippen molar-refractivity contribution < 1.29 is 49.0 Å². The molecule has 0 saturated heterocycles. The Kier molecular flexibility index (Phi) is 8.40. The van der Waals surface area contributed by atoms with E-state index in [1.807, 2.05) is 37.3 Å². The average Bonchev–Trinajstić information content (AvgIpc) is 2.94. The fourth-order valence-corrected chi connectivity index (χ4v) is 4.52. The number of carbonyl (C=O) groups is 2. The maximum atomic E-state index is 12.3. The molecule has 0 fully saturated rings. The molecule has 0 radical (unpaired) electrons. The van der Waals surface area contributed by atoms with Crippen LogP contribution in [-0.2, 0) is 22.6 Å². The summed E-state index contributed by atoms with van der Waals surface area (Å²) < 4.78 is 7.94. The molecule has 6 nitrogen and oxygen atoms in total. The van der Waals surface area contributed by atoms with Gasteiger partial charge in [0.25, 0.3) is 0 Å². The Balaban J connectivity index is 0.00000289. The smallest absolute Gasteiger partial charge is 0.546 e. The minimum Gasteiger partial charge on any atom is -0.546 e. The van der Waals surface area contributed by atoms with Crippen molar-refractivity contribution in [3.8, 4) is 5.75 Å². The fraction of sp³-hybridized carbons (Fsp3) is 0.360. The molecule has 1 aliphatic carbocycles. The number of carbonyl (C=O) groups excluding carboxylic acids is 2. The number of amides is 1. The first-order valence-corrected chi connectivity index (χ1v) is 10.9. The topological polar surface area (TPSA) is 83.4 Å². The molecule has 1 unspecified atom stereocenters. The van der Waals surface area contributed by atoms with Gasteiger partial charge in [-0.3, -0.25) is 4.79 Å². The second-order valence-corrected chi connectivity index (χ2v) is 7.96. The molecule has 0 aliphatic heterocycles. The van der Waals surface area contributed by atoms with E-state index in [2.05, 4.69) is 22.0 Å². The number of carboxylic acid groups (broad SMARTS) is 1. The van der Waals surface area contributed by atoms with Gasteiger partial charge in [0.1, 0.15) is 12.4 Å². The van der Waals surface area contributed by atoms with Crippen molar-refractivity contribution in [2.24, 2.45) is 0 Å². The summed E-state index contributed by atoms with van der Waals surface area (Å²) in [6.45, 7) is 2.04. The molecule has 4 rings (SSSR count). The average molecular weight is 442 g/mol. The maximum Gasteiger partial charge on any atom is 1.00 e. The van der Waals surface area contributed by atoms with Crippen LogP contribution in [0.3, 0.4) is 0 Å². The number of hydrogen-bond donors (Lipinski definition) is 1. The summed E-state index contributed by atoms with van der Waals surface area (Å²) in [5.74, 6) is -0.736. The number of hydrogen-bond acceptors (Lipinski definition) is 4. The number of rotatable bonds is 7. The zero-order chi connectivity index (χ0) is 21.8. The van der Waals surface area contributed by atoms with Crippen molar-refractivity contribution in [2.75, 3.05) is 6.61 Å². The Labute approximate surface area is 210 Å². The molecular formula is C25H27N2NaO4. The van der Waals surface area contributed by atoms with Crippen LogP contribution in [0.25, 0.3) is 10.9 Å². The SMILES string of the molecule is CCC(=O)NC1CCCCc2c1c1c(OCC(=O)[O-])cccc1n2Cc1ccccc1.[Na+]. The van der Waals surface area contributed by atoms with E-state index in [0.717, 1.165) is 42.1 Å². The van der Waals surface area contributed by atoms with Crippen LogP contribution in [0.1, 0.15) is 55.5 Å². The first kappa shape index (κ1) is 24.4. The van der Waals surface area contributed by atoms with Crippen molar-refractivity contribution in [1.82, 2.24) is 9.88 Å². The third-order valence-electron chi connectivity index (χ3n) is 5.89. The molecule has 1 heterocycles. The van der Waals surface area contributed by atoms with Crippen LogP contribution in [0.4, 0.5) is 0 Å². The summed E-state index contributed by atoms with van der Waals surface area (Å²) in [4.78, 5) is 23.3. The predicted molar refractivity (Wildman–Crippen MR) is 117 cm³/mol. The Hall–Kier alpha value is -2.28. The minimum absolute atomic E-state index is 0. The normalized spacial score (nSPS) is 15.3. The standard InChI is InChI=1S/C25H28N2O4.Na/c1-2-22(28)26-18-11-6-7-12-19-24(18)25-20(13-8-14-21(25)31-16-23(29)30)27(19)15-17-9-4-3-5-10-17;/h3-5,8-10,13-14,18H,2,6-7,11-12,15-16H2,1H3,(H,26,28)(H,29,30);/q;+1/p-1. The van der Waals surface area contributed by atoms with Gasteiger partial charge >= 0.3 is 29.6 Å². The van der Waals surface area contributed by atoms with Gasteiger partial charge in [-0.15, -0.1) is 0 Å². The second kappa shape index (κ2) is 11.0. The first-order valence-electron chi connectivity index (χ1n) is 10.9. The molecule has 1 atom stereocenters. The number of nitrogens with one attached hydrogen (secondary N) is 1. The van der Waals surface area contributed by atoms with Crippen LogP contribution in [-0.4, -0.2) is 23.1 Å². The molecule has 1 N–H and O–H groups in total. The molecule has 162 valence electrons. The summed E-state index contributed by atoms with van der Waals surface area (Å²) >= 11 is 0. The van der Waals surface area contributed by atoms with Crippen LogP contribution in [0.5, 0.6) is 5.75 Å². The zero-order valence-corrected chi connectivity index (χ0v) is 20.7. The molecule has 2 aromatic carbocycles. The molecule has 0 bridgehead atoms. The van der Waals surface area contributed by atoms with E-state index in [1.165, 1.54) is 11.3 Å². The van der Waals surface area contributed by atoms with Crippen LogP contribution < -0.4 is 44.7 Å². The van der Waals surface area contributed by atoms with Crippen LogP contribution in [0, 0.1) is 0 Å². The summed E-state index contributed by atoms with van der Waals surface area (Å²) in [5, 5.41) is 15.1. The van der Waals surface area contributed by atoms with E-state index in [4.69, 9.17) is 4.74 Å². The van der Waals surface area contributed by atoms with Gasteiger partial charge in [-0.25, -0.2) is 0 Å². The van der Waals surface area contributed by atoms with Gasteiger partial charge in [0.15, 0.2) is 0 Å². The van der Waals surface area contributed by atoms with Crippen LogP contribution in [0.2, 0.25) is 0 Å². The van der Waals surface area contributed by atoms with Crippen LogP contribution >= 0.6 is 0 Å². The van der Waals surface area contributed by atoms with Gasteiger partial charge in [0, 0.05) is 29.6 Å². The Morgan fingerprint density at radius 1 is 1.12 bits per heavy atom. The molecule has 3 aromatic rings. The molecule has 0 spiro atoms. The summed E-state index contributed by atoms with van der Waals surface area (Å²) in [5.41, 5.74) is 4.41. The monoisotopic (exact) mass is 442 g/mol. The largest absolute Gasteiger partial charge is 1.00 e. The summed E-state index contributed by atoms with van der Waals surface area (Å²) in [6, 6.07) is 15.8. The second-order valence-electron chi connectivity index (χ2n) is 7.96. The molecular weight excluding hydrogens is 415 g/mol. The predicted octanol–water partition coefficient (Wildman–Crippen LogP) is 0.116. The number of benzene rings is 2. The Morgan fingerprint density at radius 2 is 1.91 bits per heavy atom. The van der Waals surface area contributed by atoms with E-state index < -0.39 is 12.6 Å². The van der Waals surface area contributed by atoms with Crippen molar-refractivity contribution in [1.29, 1.82) is 0 Å². The van der Waals surface area contributed by atoms with Crippen LogP contribution in [0.15, 0.2) is 48.5 Å². The van der Waals surface area contributed by atoms with E-state index in [9.17, 15) is 14.7 Å². The van der Waals surface area contributed by atoms with Crippen molar-refractivity contribution in [3.63, 3.8) is 0 Å². The number of aliphatic carboxylic acids is 1. The van der Waals surface area contributed by atoms with Crippen molar-refractivity contribution in [3.05, 3.63) is 65.4 Å². The van der Waals surface area contributed by atoms with Crippen molar-refractivity contribution >= 4 is 22.8 Å². The van der Waals surface area contributed by atoms with Gasteiger partial charge in [-0.1, -0.05) is 49.7 Å². The minimum atomic E-state index is -1.26. The third-order valence-corrected chi connectivity index (χ3v) is 5.89. The van der Waals surface area contributed by atoms with E-state index in [1.54, 1.807) is 6.07 Å². The van der Waals surface area contributed by atoms with Crippen molar-refractivity contribution in [2.45, 2.75) is 51.6 Å². The number of aromatic nitrogens is 1. The number of carboxylic acids is 1. The van der Waals surface area contributed by atoms with Gasteiger partial charge in [-0.05, 0) is 37.0 Å². The van der Waals surface area contributed by atoms with Gasteiger partial charge in [0.05, 0.1) is 17.5 Å². The first-order chi connectivity index (χ1) is 15.1. The molecule has 32 heavy (non-hydrogen) atoms. The summed E-state index contributed by atoms with van der Waals surface area (Å²) in [6.07, 6.45) is 4.21. The molecule has 0 saturated carbocycles. The van der Waals surface area contributed by atoms with Gasteiger partial charge < -0.3 is 24.5 Å². The van der Waals surface area contributed by atoms with E-state index in [0.29, 0.717) is 18.7 Å². The molecule has 1 amide bonds. The number of fused-ring (bicyclic) bond motifs is 3. The maximum absolute atomic E-state index is 12.3. The molecule has 7 heteroatoms. The summed E-state index contributed by atoms with van der Waals surface area (Å²) in [7, 11) is 0. The Morgan fingerprint density at radius 3 is 2.62 bits per heavy atom. The van der Waals surface area contributed by atoms with Gasteiger partial charge in [0.2, 0.25) is 5.91 Å². The van der Waals surface area contributed by atoms with Gasteiger partial charge in [-0.2, -0.15) is 0 Å². The van der Waals surface area contributed by atoms with E-state index >= 15 is 0 Å². The Bertz CT molecular complexity index is 1090. The van der Waals surface area contributed by atoms with E-state index in [-0.39, 0.29) is 41.5 Å². The quantitative estimate of drug-likeness (QED) is 0.416. The molecule has 1 aromatic heterocycles. The number of ether oxygens (including phenoxy) is 1. The zero-order valence-electron chi connectivity index (χ0n) is 18.7.